The van der Waals surface area contributed by atoms with E-state index >= 15 is 0 Å². The second-order valence-electron chi connectivity index (χ2n) is 2.03. The van der Waals surface area contributed by atoms with Crippen molar-refractivity contribution in [1.82, 2.24) is 0 Å². The van der Waals surface area contributed by atoms with Crippen LogP contribution in [-0.4, -0.2) is 42.0 Å². The number of hydrogen-bond donors (Lipinski definition) is 3. The number of rotatable bonds is 5. The van der Waals surface area contributed by atoms with Crippen LogP contribution in [0, 0.1) is 0 Å². The number of hydrogen-bond acceptors (Lipinski definition) is 5. The number of carbonyl (C=O) groups is 1. The van der Waals surface area contributed by atoms with Gasteiger partial charge in [-0.05, 0) is 0 Å². The molecule has 0 saturated heterocycles. The van der Waals surface area contributed by atoms with Gasteiger partial charge in [-0.2, -0.15) is 0 Å². The zero-order chi connectivity index (χ0) is 8.69. The minimum absolute atomic E-state index is 0.0261. The van der Waals surface area contributed by atoms with Gasteiger partial charge in [0.05, 0.1) is 13.2 Å². The van der Waals surface area contributed by atoms with Crippen LogP contribution >= 0.6 is 0 Å². The fraction of sp³-hybridized carbons (Fsp3) is 0.833. The van der Waals surface area contributed by atoms with Gasteiger partial charge in [0.15, 0.2) is 0 Å². The second kappa shape index (κ2) is 6.09. The summed E-state index contributed by atoms with van der Waals surface area (Å²) in [4.78, 5) is 10.7. The first kappa shape index (κ1) is 10.3. The van der Waals surface area contributed by atoms with Crippen molar-refractivity contribution in [2.24, 2.45) is 5.73 Å². The summed E-state index contributed by atoms with van der Waals surface area (Å²) in [5.41, 5.74) is 5.11. The molecule has 0 aromatic carbocycles. The highest BCUT2D eigenvalue weighted by atomic mass is 16.5. The maximum atomic E-state index is 10.7. The Morgan fingerprint density at radius 1 is 1.55 bits per heavy atom. The SMILES string of the molecule is N[C@@H](CO)C(=O)OCCCO. The summed E-state index contributed by atoms with van der Waals surface area (Å²) in [6, 6.07) is -0.964. The molecule has 0 heterocycles. The van der Waals surface area contributed by atoms with Gasteiger partial charge in [-0.15, -0.1) is 0 Å². The zero-order valence-electron chi connectivity index (χ0n) is 6.19. The predicted molar refractivity (Wildman–Crippen MR) is 37.7 cm³/mol. The maximum Gasteiger partial charge on any atom is 0.325 e. The van der Waals surface area contributed by atoms with E-state index in [0.29, 0.717) is 6.42 Å². The Labute approximate surface area is 64.8 Å². The molecule has 0 aromatic rings. The fourth-order valence-electron chi connectivity index (χ4n) is 0.419. The highest BCUT2D eigenvalue weighted by Gasteiger charge is 2.12. The number of esters is 1. The highest BCUT2D eigenvalue weighted by molar-refractivity contribution is 5.75. The number of carbonyl (C=O) groups excluding carboxylic acids is 1. The molecule has 0 rings (SSSR count). The van der Waals surface area contributed by atoms with Crippen molar-refractivity contribution >= 4 is 5.97 Å². The van der Waals surface area contributed by atoms with Gasteiger partial charge in [0.1, 0.15) is 6.04 Å². The third-order valence-electron chi connectivity index (χ3n) is 1.05. The molecular formula is C6H13NO4. The van der Waals surface area contributed by atoms with E-state index < -0.39 is 18.6 Å². The molecule has 0 aliphatic carbocycles. The summed E-state index contributed by atoms with van der Waals surface area (Å²) >= 11 is 0. The van der Waals surface area contributed by atoms with E-state index in [9.17, 15) is 4.79 Å². The van der Waals surface area contributed by atoms with E-state index in [1.807, 2.05) is 0 Å². The Balaban J connectivity index is 3.36. The Morgan fingerprint density at radius 2 is 2.18 bits per heavy atom. The lowest BCUT2D eigenvalue weighted by atomic mass is 10.3. The molecule has 0 saturated carbocycles. The third-order valence-corrected chi connectivity index (χ3v) is 1.05. The fourth-order valence-corrected chi connectivity index (χ4v) is 0.419. The van der Waals surface area contributed by atoms with Crippen LogP contribution in [0.1, 0.15) is 6.42 Å². The minimum Gasteiger partial charge on any atom is -0.464 e. The van der Waals surface area contributed by atoms with Gasteiger partial charge < -0.3 is 20.7 Å². The van der Waals surface area contributed by atoms with Crippen LogP contribution in [0.15, 0.2) is 0 Å². The van der Waals surface area contributed by atoms with Gasteiger partial charge >= 0.3 is 5.97 Å². The van der Waals surface area contributed by atoms with Gasteiger partial charge in [-0.25, -0.2) is 0 Å². The smallest absolute Gasteiger partial charge is 0.325 e. The van der Waals surface area contributed by atoms with E-state index in [4.69, 9.17) is 15.9 Å². The first-order valence-electron chi connectivity index (χ1n) is 3.36. The summed E-state index contributed by atoms with van der Waals surface area (Å²) in [5.74, 6) is -0.638. The van der Waals surface area contributed by atoms with Gasteiger partial charge in [-0.3, -0.25) is 4.79 Å². The molecule has 5 heteroatoms. The molecule has 0 amide bonds. The van der Waals surface area contributed by atoms with Crippen LogP contribution in [0.4, 0.5) is 0 Å². The van der Waals surface area contributed by atoms with Crippen molar-refractivity contribution in [2.45, 2.75) is 12.5 Å². The van der Waals surface area contributed by atoms with Crippen molar-refractivity contribution in [1.29, 1.82) is 0 Å². The Hall–Kier alpha value is -0.650. The summed E-state index contributed by atoms with van der Waals surface area (Å²) < 4.78 is 4.55. The van der Waals surface area contributed by atoms with Gasteiger partial charge in [0, 0.05) is 13.0 Å². The molecule has 5 nitrogen and oxygen atoms in total. The molecule has 0 unspecified atom stereocenters. The minimum atomic E-state index is -0.964. The van der Waals surface area contributed by atoms with E-state index in [-0.39, 0.29) is 13.2 Å². The van der Waals surface area contributed by atoms with E-state index in [0.717, 1.165) is 0 Å². The first-order valence-corrected chi connectivity index (χ1v) is 3.36. The van der Waals surface area contributed by atoms with E-state index in [2.05, 4.69) is 4.74 Å². The molecule has 0 aliphatic heterocycles. The average molecular weight is 163 g/mol. The van der Waals surface area contributed by atoms with Crippen LogP contribution in [0.3, 0.4) is 0 Å². The molecule has 4 N–H and O–H groups in total. The Kier molecular flexibility index (Phi) is 5.73. The van der Waals surface area contributed by atoms with Gasteiger partial charge in [-0.1, -0.05) is 0 Å². The van der Waals surface area contributed by atoms with Crippen LogP contribution in [0.2, 0.25) is 0 Å². The number of nitrogens with two attached hydrogens (primary N) is 1. The third kappa shape index (κ3) is 4.72. The molecule has 0 spiro atoms. The van der Waals surface area contributed by atoms with Crippen molar-refractivity contribution in [2.75, 3.05) is 19.8 Å². The Morgan fingerprint density at radius 3 is 2.64 bits per heavy atom. The molecule has 1 atom stereocenters. The quantitative estimate of drug-likeness (QED) is 0.329. The highest BCUT2D eigenvalue weighted by Crippen LogP contribution is 1.86. The Bertz CT molecular complexity index is 117. The molecule has 0 bridgehead atoms. The van der Waals surface area contributed by atoms with Crippen molar-refractivity contribution in [3.05, 3.63) is 0 Å². The van der Waals surface area contributed by atoms with Gasteiger partial charge in [0.25, 0.3) is 0 Å². The standard InChI is InChI=1S/C6H13NO4/c7-5(4-9)6(10)11-3-1-2-8/h5,8-9H,1-4,7H2/t5-/m0/s1. The van der Waals surface area contributed by atoms with Crippen molar-refractivity contribution < 1.29 is 19.7 Å². The normalized spacial score (nSPS) is 12.6. The molecular weight excluding hydrogens is 150 g/mol. The van der Waals surface area contributed by atoms with Crippen LogP contribution < -0.4 is 5.73 Å². The zero-order valence-corrected chi connectivity index (χ0v) is 6.19. The number of ether oxygens (including phenoxy) is 1. The lowest BCUT2D eigenvalue weighted by Gasteiger charge is -2.07. The topological polar surface area (TPSA) is 92.8 Å². The van der Waals surface area contributed by atoms with Crippen LogP contribution in [-0.2, 0) is 9.53 Å². The molecule has 0 fully saturated rings. The molecule has 66 valence electrons. The van der Waals surface area contributed by atoms with Crippen LogP contribution in [0.25, 0.3) is 0 Å². The summed E-state index contributed by atoms with van der Waals surface area (Å²) in [6.07, 6.45) is 0.393. The largest absolute Gasteiger partial charge is 0.464 e. The lowest BCUT2D eigenvalue weighted by Crippen LogP contribution is -2.35. The lowest BCUT2D eigenvalue weighted by molar-refractivity contribution is -0.146. The number of aliphatic hydroxyl groups is 2. The molecule has 11 heavy (non-hydrogen) atoms. The van der Waals surface area contributed by atoms with E-state index in [1.54, 1.807) is 0 Å². The second-order valence-corrected chi connectivity index (χ2v) is 2.03. The predicted octanol–water partition coefficient (Wildman–Crippen LogP) is -1.77. The van der Waals surface area contributed by atoms with Crippen molar-refractivity contribution in [3.8, 4) is 0 Å². The van der Waals surface area contributed by atoms with Gasteiger partial charge in [0.2, 0.25) is 0 Å². The summed E-state index contributed by atoms with van der Waals surface area (Å²) in [6.45, 7) is -0.303. The summed E-state index contributed by atoms with van der Waals surface area (Å²) in [7, 11) is 0. The van der Waals surface area contributed by atoms with Crippen LogP contribution in [0.5, 0.6) is 0 Å². The first-order chi connectivity index (χ1) is 5.22. The molecule has 0 aliphatic rings. The van der Waals surface area contributed by atoms with E-state index in [1.165, 1.54) is 0 Å². The summed E-state index contributed by atoms with van der Waals surface area (Å²) in [5, 5.41) is 16.7. The molecule has 0 aromatic heterocycles. The molecule has 0 radical (unpaired) electrons. The monoisotopic (exact) mass is 163 g/mol. The average Bonchev–Trinajstić information content (AvgIpc) is 2.03. The van der Waals surface area contributed by atoms with Crippen molar-refractivity contribution in [3.63, 3.8) is 0 Å². The number of aliphatic hydroxyl groups excluding tert-OH is 2. The maximum absolute atomic E-state index is 10.7.